The SMILES string of the molecule is O=C(O)c1ccc(/N=N/c2ccc(OS(=O)(=O)F)cc2)cc1. The van der Waals surface area contributed by atoms with E-state index in [4.69, 9.17) is 5.11 Å². The molecule has 0 aromatic heterocycles. The first-order chi connectivity index (χ1) is 10.3. The Labute approximate surface area is 125 Å². The zero-order valence-electron chi connectivity index (χ0n) is 10.9. The number of aromatic carboxylic acids is 1. The van der Waals surface area contributed by atoms with Crippen LogP contribution >= 0.6 is 0 Å². The van der Waals surface area contributed by atoms with E-state index in [0.29, 0.717) is 11.4 Å². The van der Waals surface area contributed by atoms with Gasteiger partial charge in [-0.2, -0.15) is 18.6 Å². The van der Waals surface area contributed by atoms with Crippen LogP contribution in [-0.4, -0.2) is 19.5 Å². The third-order valence-electron chi connectivity index (χ3n) is 2.43. The molecule has 22 heavy (non-hydrogen) atoms. The van der Waals surface area contributed by atoms with E-state index in [0.717, 1.165) is 0 Å². The predicted molar refractivity (Wildman–Crippen MR) is 74.7 cm³/mol. The van der Waals surface area contributed by atoms with E-state index >= 15 is 0 Å². The van der Waals surface area contributed by atoms with Crippen LogP contribution in [0.2, 0.25) is 0 Å². The highest BCUT2D eigenvalue weighted by Crippen LogP contribution is 2.22. The van der Waals surface area contributed by atoms with E-state index in [9.17, 15) is 17.1 Å². The molecule has 0 heterocycles. The average molecular weight is 324 g/mol. The third kappa shape index (κ3) is 4.63. The minimum absolute atomic E-state index is 0.132. The molecule has 0 saturated heterocycles. The van der Waals surface area contributed by atoms with Gasteiger partial charge in [-0.25, -0.2) is 4.79 Å². The predicted octanol–water partition coefficient (Wildman–Crippen LogP) is 3.39. The Kier molecular flexibility index (Phi) is 4.47. The first-order valence-corrected chi connectivity index (χ1v) is 7.13. The van der Waals surface area contributed by atoms with E-state index in [1.165, 1.54) is 48.5 Å². The van der Waals surface area contributed by atoms with Crippen LogP contribution in [0.1, 0.15) is 10.4 Å². The second-order valence-corrected chi connectivity index (χ2v) is 4.98. The molecule has 1 N–H and O–H groups in total. The Bertz CT molecular complexity index is 801. The number of carboxylic acid groups (broad SMARTS) is 1. The molecule has 0 unspecified atom stereocenters. The van der Waals surface area contributed by atoms with Gasteiger partial charge in [-0.3, -0.25) is 0 Å². The Morgan fingerprint density at radius 3 is 1.82 bits per heavy atom. The highest BCUT2D eigenvalue weighted by Gasteiger charge is 2.08. The van der Waals surface area contributed by atoms with Crippen molar-refractivity contribution in [1.29, 1.82) is 0 Å². The number of hydrogen-bond donors (Lipinski definition) is 1. The van der Waals surface area contributed by atoms with Crippen molar-refractivity contribution in [1.82, 2.24) is 0 Å². The lowest BCUT2D eigenvalue weighted by Gasteiger charge is -1.99. The zero-order valence-corrected chi connectivity index (χ0v) is 11.7. The van der Waals surface area contributed by atoms with Crippen molar-refractivity contribution in [2.75, 3.05) is 0 Å². The molecule has 0 bridgehead atoms. The van der Waals surface area contributed by atoms with Crippen LogP contribution in [-0.2, 0) is 10.5 Å². The van der Waals surface area contributed by atoms with Gasteiger partial charge in [0.25, 0.3) is 0 Å². The first-order valence-electron chi connectivity index (χ1n) is 5.83. The smallest absolute Gasteiger partial charge is 0.478 e. The molecular formula is C13H9FN2O5S. The molecule has 0 atom stereocenters. The minimum Gasteiger partial charge on any atom is -0.478 e. The molecule has 0 aliphatic rings. The quantitative estimate of drug-likeness (QED) is 0.670. The largest absolute Gasteiger partial charge is 0.488 e. The Hall–Kier alpha value is -2.81. The van der Waals surface area contributed by atoms with Gasteiger partial charge in [0.05, 0.1) is 16.9 Å². The van der Waals surface area contributed by atoms with Crippen LogP contribution in [0.5, 0.6) is 5.75 Å². The highest BCUT2D eigenvalue weighted by atomic mass is 32.3. The summed E-state index contributed by atoms with van der Waals surface area (Å²) >= 11 is 0. The third-order valence-corrected chi connectivity index (χ3v) is 2.82. The van der Waals surface area contributed by atoms with Gasteiger partial charge in [0, 0.05) is 0 Å². The fourth-order valence-electron chi connectivity index (χ4n) is 1.47. The molecule has 0 aliphatic carbocycles. The number of carbonyl (C=O) groups is 1. The van der Waals surface area contributed by atoms with Gasteiger partial charge < -0.3 is 9.29 Å². The summed E-state index contributed by atoms with van der Waals surface area (Å²) < 4.78 is 36.9. The number of benzene rings is 2. The molecule has 7 nitrogen and oxygen atoms in total. The molecule has 2 rings (SSSR count). The maximum absolute atomic E-state index is 12.3. The van der Waals surface area contributed by atoms with Gasteiger partial charge in [0.15, 0.2) is 0 Å². The standard InChI is InChI=1S/C13H9FN2O5S/c14-22(19,20)21-12-7-5-11(6-8-12)16-15-10-3-1-9(2-4-10)13(17)18/h1-8H,(H,17,18)/b16-15+. The van der Waals surface area contributed by atoms with Crippen molar-refractivity contribution in [3.05, 3.63) is 54.1 Å². The molecule has 0 spiro atoms. The van der Waals surface area contributed by atoms with Gasteiger partial charge in [-0.05, 0) is 48.5 Å². The van der Waals surface area contributed by atoms with Crippen molar-refractivity contribution in [2.24, 2.45) is 10.2 Å². The zero-order chi connectivity index (χ0) is 16.2. The summed E-state index contributed by atoms with van der Waals surface area (Å²) in [4.78, 5) is 10.7. The van der Waals surface area contributed by atoms with Gasteiger partial charge in [-0.1, -0.05) is 3.89 Å². The minimum atomic E-state index is -5.06. The number of carboxylic acids is 1. The van der Waals surface area contributed by atoms with E-state index in [-0.39, 0.29) is 11.3 Å². The Morgan fingerprint density at radius 2 is 1.41 bits per heavy atom. The summed E-state index contributed by atoms with van der Waals surface area (Å²) in [6.45, 7) is 0. The van der Waals surface area contributed by atoms with Gasteiger partial charge >= 0.3 is 16.5 Å². The van der Waals surface area contributed by atoms with Crippen LogP contribution < -0.4 is 4.18 Å². The summed E-state index contributed by atoms with van der Waals surface area (Å²) in [6, 6.07) is 11.0. The van der Waals surface area contributed by atoms with Crippen molar-refractivity contribution in [3.63, 3.8) is 0 Å². The van der Waals surface area contributed by atoms with Crippen LogP contribution in [0.3, 0.4) is 0 Å². The van der Waals surface area contributed by atoms with Crippen molar-refractivity contribution >= 4 is 27.8 Å². The monoisotopic (exact) mass is 324 g/mol. The van der Waals surface area contributed by atoms with E-state index in [1.807, 2.05) is 0 Å². The van der Waals surface area contributed by atoms with E-state index < -0.39 is 16.5 Å². The fourth-order valence-corrected chi connectivity index (χ4v) is 1.81. The number of azo groups is 1. The number of halogens is 1. The number of rotatable bonds is 5. The number of nitrogens with zero attached hydrogens (tertiary/aromatic N) is 2. The topological polar surface area (TPSA) is 105 Å². The average Bonchev–Trinajstić information content (AvgIpc) is 2.45. The fraction of sp³-hybridized carbons (Fsp3) is 0. The Morgan fingerprint density at radius 1 is 0.955 bits per heavy atom. The number of hydrogen-bond acceptors (Lipinski definition) is 6. The summed E-state index contributed by atoms with van der Waals surface area (Å²) in [5, 5.41) is 16.5. The maximum Gasteiger partial charge on any atom is 0.488 e. The summed E-state index contributed by atoms with van der Waals surface area (Å²) in [7, 11) is -5.06. The lowest BCUT2D eigenvalue weighted by Crippen LogP contribution is -2.00. The lowest BCUT2D eigenvalue weighted by atomic mass is 10.2. The van der Waals surface area contributed by atoms with Crippen molar-refractivity contribution in [2.45, 2.75) is 0 Å². The van der Waals surface area contributed by atoms with Crippen LogP contribution in [0.4, 0.5) is 15.3 Å². The van der Waals surface area contributed by atoms with Crippen LogP contribution in [0.15, 0.2) is 58.8 Å². The van der Waals surface area contributed by atoms with Gasteiger partial charge in [0.1, 0.15) is 5.75 Å². The van der Waals surface area contributed by atoms with Crippen molar-refractivity contribution < 1.29 is 26.4 Å². The molecule has 9 heteroatoms. The van der Waals surface area contributed by atoms with Crippen LogP contribution in [0, 0.1) is 0 Å². The maximum atomic E-state index is 12.3. The summed E-state index contributed by atoms with van der Waals surface area (Å²) in [6.07, 6.45) is 0. The molecule has 0 radical (unpaired) electrons. The van der Waals surface area contributed by atoms with Crippen LogP contribution in [0.25, 0.3) is 0 Å². The molecule has 0 saturated carbocycles. The second-order valence-electron chi connectivity index (χ2n) is 4.02. The Balaban J connectivity index is 2.08. The van der Waals surface area contributed by atoms with E-state index in [2.05, 4.69) is 14.4 Å². The normalized spacial score (nSPS) is 11.5. The molecule has 2 aromatic carbocycles. The molecule has 114 valence electrons. The molecule has 0 fully saturated rings. The van der Waals surface area contributed by atoms with Gasteiger partial charge in [0.2, 0.25) is 0 Å². The summed E-state index contributed by atoms with van der Waals surface area (Å²) in [5.41, 5.74) is 0.954. The second kappa shape index (κ2) is 6.31. The first kappa shape index (κ1) is 15.6. The highest BCUT2D eigenvalue weighted by molar-refractivity contribution is 7.81. The van der Waals surface area contributed by atoms with E-state index in [1.54, 1.807) is 0 Å². The molecule has 0 amide bonds. The van der Waals surface area contributed by atoms with Gasteiger partial charge in [-0.15, -0.1) is 0 Å². The summed E-state index contributed by atoms with van der Waals surface area (Å²) in [5.74, 6) is -1.23. The van der Waals surface area contributed by atoms with Crippen molar-refractivity contribution in [3.8, 4) is 5.75 Å². The molecular weight excluding hydrogens is 315 g/mol. The lowest BCUT2D eigenvalue weighted by molar-refractivity contribution is 0.0697. The molecule has 2 aromatic rings. The molecule has 0 aliphatic heterocycles.